The van der Waals surface area contributed by atoms with Gasteiger partial charge in [0.1, 0.15) is 12.1 Å². The maximum absolute atomic E-state index is 13.0. The van der Waals surface area contributed by atoms with Gasteiger partial charge in [-0.2, -0.15) is 27.8 Å². The number of rotatable bonds is 3. The number of aromatic nitrogens is 7. The van der Waals surface area contributed by atoms with Crippen molar-refractivity contribution in [1.29, 1.82) is 0 Å². The highest BCUT2D eigenvalue weighted by Crippen LogP contribution is 2.28. The lowest BCUT2D eigenvalue weighted by molar-refractivity contribution is -0.146. The number of amides is 1. The Labute approximate surface area is 149 Å². The van der Waals surface area contributed by atoms with E-state index >= 15 is 0 Å². The van der Waals surface area contributed by atoms with Gasteiger partial charge in [0.15, 0.2) is 5.65 Å². The molecule has 1 fully saturated rings. The van der Waals surface area contributed by atoms with Crippen LogP contribution in [0.25, 0.3) is 5.65 Å². The minimum Gasteiger partial charge on any atom is -0.355 e. The van der Waals surface area contributed by atoms with Crippen LogP contribution in [-0.4, -0.2) is 54.0 Å². The average molecular weight is 381 g/mol. The van der Waals surface area contributed by atoms with Gasteiger partial charge in [-0.15, -0.1) is 15.3 Å². The number of hydrogen-bond donors (Lipinski definition) is 2. The number of carbonyl (C=O) groups is 1. The Morgan fingerprint density at radius 2 is 2.00 bits per heavy atom. The lowest BCUT2D eigenvalue weighted by Crippen LogP contribution is -2.39. The zero-order valence-electron chi connectivity index (χ0n) is 13.8. The standard InChI is InChI=1S/C14H14F3N9O/c15-14(16,17)12-22-21-9-1-2-10(24-26(9)12)25-5-3-8(4-6-25)11(27)20-13-18-7-19-23-13/h1-2,7-8H,3-6H2,(H2,18,19,20,23,27). The first-order valence-corrected chi connectivity index (χ1v) is 8.12. The first-order chi connectivity index (χ1) is 12.9. The van der Waals surface area contributed by atoms with Crippen LogP contribution >= 0.6 is 0 Å². The van der Waals surface area contributed by atoms with Crippen molar-refractivity contribution in [3.05, 3.63) is 24.3 Å². The van der Waals surface area contributed by atoms with Crippen LogP contribution in [0.3, 0.4) is 0 Å². The van der Waals surface area contributed by atoms with Gasteiger partial charge in [-0.3, -0.25) is 10.1 Å². The van der Waals surface area contributed by atoms with E-state index in [4.69, 9.17) is 0 Å². The molecular weight excluding hydrogens is 367 g/mol. The zero-order chi connectivity index (χ0) is 19.0. The fraction of sp³-hybridized carbons (Fsp3) is 0.429. The Morgan fingerprint density at radius 1 is 1.22 bits per heavy atom. The Hall–Kier alpha value is -3.25. The molecular formula is C14H14F3N9O. The maximum Gasteiger partial charge on any atom is 0.453 e. The van der Waals surface area contributed by atoms with Gasteiger partial charge in [0.2, 0.25) is 11.9 Å². The second-order valence-electron chi connectivity index (χ2n) is 6.07. The molecule has 3 aromatic heterocycles. The monoisotopic (exact) mass is 381 g/mol. The van der Waals surface area contributed by atoms with Gasteiger partial charge in [-0.25, -0.2) is 5.10 Å². The molecule has 1 aliphatic heterocycles. The van der Waals surface area contributed by atoms with Crippen molar-refractivity contribution in [2.24, 2.45) is 5.92 Å². The number of carbonyl (C=O) groups excluding carboxylic acids is 1. The molecule has 2 N–H and O–H groups in total. The molecule has 0 radical (unpaired) electrons. The zero-order valence-corrected chi connectivity index (χ0v) is 13.8. The van der Waals surface area contributed by atoms with Gasteiger partial charge < -0.3 is 4.90 Å². The summed E-state index contributed by atoms with van der Waals surface area (Å²) in [6, 6.07) is 3.03. The molecule has 0 spiro atoms. The van der Waals surface area contributed by atoms with E-state index in [1.165, 1.54) is 12.4 Å². The fourth-order valence-electron chi connectivity index (χ4n) is 2.98. The van der Waals surface area contributed by atoms with Gasteiger partial charge in [0, 0.05) is 19.0 Å². The number of piperidine rings is 1. The van der Waals surface area contributed by atoms with E-state index in [0.717, 1.165) is 0 Å². The normalized spacial score (nSPS) is 16.0. The predicted octanol–water partition coefficient (Wildman–Crippen LogP) is 1.12. The molecule has 13 heteroatoms. The van der Waals surface area contributed by atoms with Crippen LogP contribution in [0.4, 0.5) is 24.9 Å². The van der Waals surface area contributed by atoms with Gasteiger partial charge >= 0.3 is 6.18 Å². The number of H-pyrrole nitrogens is 1. The maximum atomic E-state index is 13.0. The summed E-state index contributed by atoms with van der Waals surface area (Å²) in [4.78, 5) is 17.9. The second kappa shape index (κ2) is 6.48. The number of fused-ring (bicyclic) bond motifs is 1. The molecule has 0 aliphatic carbocycles. The molecule has 142 valence electrons. The number of anilines is 2. The molecule has 4 heterocycles. The first-order valence-electron chi connectivity index (χ1n) is 8.12. The van der Waals surface area contributed by atoms with Crippen LogP contribution in [0, 0.1) is 5.92 Å². The lowest BCUT2D eigenvalue weighted by atomic mass is 9.96. The summed E-state index contributed by atoms with van der Waals surface area (Å²) in [5, 5.41) is 19.5. The summed E-state index contributed by atoms with van der Waals surface area (Å²) in [7, 11) is 0. The van der Waals surface area contributed by atoms with E-state index in [2.05, 4.69) is 35.8 Å². The van der Waals surface area contributed by atoms with E-state index < -0.39 is 12.0 Å². The summed E-state index contributed by atoms with van der Waals surface area (Å²) in [5.41, 5.74) is 0.0207. The van der Waals surface area contributed by atoms with E-state index in [-0.39, 0.29) is 23.4 Å². The first kappa shape index (κ1) is 17.2. The van der Waals surface area contributed by atoms with Crippen LogP contribution < -0.4 is 10.2 Å². The highest BCUT2D eigenvalue weighted by Gasteiger charge is 2.38. The second-order valence-corrected chi connectivity index (χ2v) is 6.07. The molecule has 0 aromatic carbocycles. The van der Waals surface area contributed by atoms with E-state index in [1.807, 2.05) is 4.90 Å². The Kier molecular flexibility index (Phi) is 4.12. The Balaban J connectivity index is 1.45. The fourth-order valence-corrected chi connectivity index (χ4v) is 2.98. The third kappa shape index (κ3) is 3.39. The molecule has 1 saturated heterocycles. The minimum absolute atomic E-state index is 0.0207. The van der Waals surface area contributed by atoms with Crippen LogP contribution in [-0.2, 0) is 11.0 Å². The molecule has 3 aromatic rings. The number of nitrogens with one attached hydrogen (secondary N) is 2. The largest absolute Gasteiger partial charge is 0.453 e. The Morgan fingerprint density at radius 3 is 2.67 bits per heavy atom. The van der Waals surface area contributed by atoms with Crippen molar-refractivity contribution in [3.63, 3.8) is 0 Å². The summed E-state index contributed by atoms with van der Waals surface area (Å²) >= 11 is 0. The van der Waals surface area contributed by atoms with Gasteiger partial charge in [-0.05, 0) is 25.0 Å². The van der Waals surface area contributed by atoms with Crippen LogP contribution in [0.5, 0.6) is 0 Å². The number of nitrogens with zero attached hydrogens (tertiary/aromatic N) is 7. The number of alkyl halides is 3. The van der Waals surface area contributed by atoms with Gasteiger partial charge in [0.05, 0.1) is 0 Å². The topological polar surface area (TPSA) is 117 Å². The average Bonchev–Trinajstić information content (AvgIpc) is 3.30. The molecule has 10 nitrogen and oxygen atoms in total. The molecule has 4 rings (SSSR count). The third-order valence-electron chi connectivity index (χ3n) is 4.35. The summed E-state index contributed by atoms with van der Waals surface area (Å²) in [5.74, 6) is -0.909. The summed E-state index contributed by atoms with van der Waals surface area (Å²) in [6.07, 6.45) is -2.28. The molecule has 1 amide bonds. The number of hydrogen-bond acceptors (Lipinski definition) is 7. The van der Waals surface area contributed by atoms with Gasteiger partial charge in [-0.1, -0.05) is 0 Å². The van der Waals surface area contributed by atoms with Gasteiger partial charge in [0.25, 0.3) is 5.82 Å². The van der Waals surface area contributed by atoms with Crippen molar-refractivity contribution < 1.29 is 18.0 Å². The van der Waals surface area contributed by atoms with Crippen LogP contribution in [0.1, 0.15) is 18.7 Å². The van der Waals surface area contributed by atoms with Crippen molar-refractivity contribution in [2.45, 2.75) is 19.0 Å². The lowest BCUT2D eigenvalue weighted by Gasteiger charge is -2.31. The molecule has 0 bridgehead atoms. The number of aromatic amines is 1. The van der Waals surface area contributed by atoms with Crippen LogP contribution in [0.2, 0.25) is 0 Å². The van der Waals surface area contributed by atoms with E-state index in [1.54, 1.807) is 6.07 Å². The van der Waals surface area contributed by atoms with E-state index in [0.29, 0.717) is 36.3 Å². The summed E-state index contributed by atoms with van der Waals surface area (Å²) < 4.78 is 39.7. The predicted molar refractivity (Wildman–Crippen MR) is 85.7 cm³/mol. The van der Waals surface area contributed by atoms with Crippen molar-refractivity contribution in [2.75, 3.05) is 23.3 Å². The molecule has 1 aliphatic rings. The SMILES string of the molecule is O=C(Nc1ncn[nH]1)C1CCN(c2ccc3nnc(C(F)(F)F)n3n2)CC1. The quantitative estimate of drug-likeness (QED) is 0.698. The highest BCUT2D eigenvalue weighted by molar-refractivity contribution is 5.91. The van der Waals surface area contributed by atoms with Crippen molar-refractivity contribution in [1.82, 2.24) is 35.0 Å². The van der Waals surface area contributed by atoms with E-state index in [9.17, 15) is 18.0 Å². The molecule has 0 saturated carbocycles. The van der Waals surface area contributed by atoms with Crippen molar-refractivity contribution in [3.8, 4) is 0 Å². The van der Waals surface area contributed by atoms with Crippen molar-refractivity contribution >= 4 is 23.3 Å². The Bertz CT molecular complexity index is 945. The highest BCUT2D eigenvalue weighted by atomic mass is 19.4. The van der Waals surface area contributed by atoms with Crippen LogP contribution in [0.15, 0.2) is 18.5 Å². The minimum atomic E-state index is -4.64. The molecule has 0 unspecified atom stereocenters. The molecule has 27 heavy (non-hydrogen) atoms. The third-order valence-corrected chi connectivity index (χ3v) is 4.35. The number of halogens is 3. The summed E-state index contributed by atoms with van der Waals surface area (Å²) in [6.45, 7) is 0.965. The smallest absolute Gasteiger partial charge is 0.355 e. The molecule has 0 atom stereocenters.